The van der Waals surface area contributed by atoms with Crippen LogP contribution in [0.4, 0.5) is 0 Å². The Morgan fingerprint density at radius 1 is 1.71 bits per heavy atom. The van der Waals surface area contributed by atoms with Gasteiger partial charge in [-0.1, -0.05) is 0 Å². The standard InChI is InChI=1S/C2H4O2.Ca.ClH.K.3H/c1-2(3)4;;;;;;/h1H3,(H,3,4);;1H;;;;/q;+2;;+1;3*-1. The maximum absolute atomic E-state index is 9.00. The molecule has 0 unspecified atom stereocenters. The van der Waals surface area contributed by atoms with Crippen LogP contribution in [0.3, 0.4) is 0 Å². The van der Waals surface area contributed by atoms with Gasteiger partial charge in [0.1, 0.15) is 0 Å². The van der Waals surface area contributed by atoms with E-state index in [1.807, 2.05) is 0 Å². The van der Waals surface area contributed by atoms with E-state index in [-0.39, 0.29) is 106 Å². The molecule has 2 nitrogen and oxygen atoms in total. The van der Waals surface area contributed by atoms with Crippen molar-refractivity contribution in [1.82, 2.24) is 0 Å². The van der Waals surface area contributed by atoms with Crippen molar-refractivity contribution in [3.8, 4) is 0 Å². The molecule has 0 aliphatic heterocycles. The van der Waals surface area contributed by atoms with E-state index >= 15 is 0 Å². The fraction of sp³-hybridized carbons (Fsp3) is 0.500. The van der Waals surface area contributed by atoms with Crippen LogP contribution >= 0.6 is 12.4 Å². The van der Waals surface area contributed by atoms with Gasteiger partial charge in [-0.05, 0) is 0 Å². The van der Waals surface area contributed by atoms with Crippen molar-refractivity contribution < 1.29 is 65.6 Å². The second kappa shape index (κ2) is 15.9. The Balaban J connectivity index is -0.00000000300. The number of carbonyl (C=O) groups is 1. The Morgan fingerprint density at radius 2 is 1.71 bits per heavy atom. The summed E-state index contributed by atoms with van der Waals surface area (Å²) < 4.78 is 0. The van der Waals surface area contributed by atoms with Gasteiger partial charge in [-0.15, -0.1) is 12.4 Å². The van der Waals surface area contributed by atoms with Crippen molar-refractivity contribution in [2.75, 3.05) is 0 Å². The third-order valence-electron chi connectivity index (χ3n) is 0. The zero-order valence-corrected chi connectivity index (χ0v) is 10.6. The molecule has 0 aromatic carbocycles. The van der Waals surface area contributed by atoms with Crippen molar-refractivity contribution in [2.45, 2.75) is 6.92 Å². The summed E-state index contributed by atoms with van der Waals surface area (Å²) in [5.74, 6) is -0.833. The summed E-state index contributed by atoms with van der Waals surface area (Å²) in [7, 11) is 0. The molecule has 0 heterocycles. The molecular formula is C2H8CaClKO2. The molecule has 0 radical (unpaired) electrons. The minimum atomic E-state index is -0.833. The fourth-order valence-corrected chi connectivity index (χ4v) is 0. The molecule has 0 aliphatic rings. The number of hydrogen-bond acceptors (Lipinski definition) is 1. The van der Waals surface area contributed by atoms with Crippen molar-refractivity contribution in [1.29, 1.82) is 0 Å². The average Bonchev–Trinajstić information content (AvgIpc) is 0.811. The van der Waals surface area contributed by atoms with Gasteiger partial charge in [0.05, 0.1) is 0 Å². The van der Waals surface area contributed by atoms with Crippen LogP contribution in [0.25, 0.3) is 0 Å². The Labute approximate surface area is 126 Å². The summed E-state index contributed by atoms with van der Waals surface area (Å²) in [4.78, 5) is 9.00. The smallest absolute Gasteiger partial charge is 1.00 e. The van der Waals surface area contributed by atoms with E-state index in [0.29, 0.717) is 0 Å². The third kappa shape index (κ3) is 54.4. The van der Waals surface area contributed by atoms with Gasteiger partial charge in [0, 0.05) is 6.92 Å². The van der Waals surface area contributed by atoms with Crippen molar-refractivity contribution in [2.24, 2.45) is 0 Å². The first kappa shape index (κ1) is 22.6. The minimum absolute atomic E-state index is 0. The van der Waals surface area contributed by atoms with Crippen LogP contribution in [-0.2, 0) is 4.79 Å². The van der Waals surface area contributed by atoms with Gasteiger partial charge in [0.15, 0.2) is 0 Å². The average molecular weight is 179 g/mol. The molecule has 0 bridgehead atoms. The monoisotopic (exact) mass is 178 g/mol. The van der Waals surface area contributed by atoms with E-state index in [0.717, 1.165) is 6.92 Å². The Hall–Kier alpha value is 2.66. The SMILES string of the molecule is CC(=O)O.Cl.[Ca+2].[H-].[H-].[H-].[K+]. The van der Waals surface area contributed by atoms with Crippen LogP contribution in [-0.4, -0.2) is 48.8 Å². The first-order valence-corrected chi connectivity index (χ1v) is 0.928. The number of hydrogen-bond donors (Lipinski definition) is 1. The van der Waals surface area contributed by atoms with Gasteiger partial charge in [-0.3, -0.25) is 4.79 Å². The predicted molar refractivity (Wildman–Crippen MR) is 29.6 cm³/mol. The van der Waals surface area contributed by atoms with E-state index in [9.17, 15) is 0 Å². The number of carboxylic acids is 1. The summed E-state index contributed by atoms with van der Waals surface area (Å²) in [5.41, 5.74) is 0. The normalized spacial score (nSPS) is 3.57. The van der Waals surface area contributed by atoms with Crippen molar-refractivity contribution >= 4 is 56.1 Å². The molecule has 0 amide bonds. The topological polar surface area (TPSA) is 37.3 Å². The second-order valence-electron chi connectivity index (χ2n) is 0.519. The van der Waals surface area contributed by atoms with E-state index in [2.05, 4.69) is 0 Å². The molecule has 0 saturated heterocycles. The summed E-state index contributed by atoms with van der Waals surface area (Å²) in [6.07, 6.45) is 0. The van der Waals surface area contributed by atoms with Gasteiger partial charge < -0.3 is 9.39 Å². The van der Waals surface area contributed by atoms with Crippen LogP contribution in [0.15, 0.2) is 0 Å². The van der Waals surface area contributed by atoms with Crippen LogP contribution in [0.5, 0.6) is 0 Å². The minimum Gasteiger partial charge on any atom is -1.00 e. The molecule has 0 aromatic heterocycles. The molecule has 0 aliphatic carbocycles. The summed E-state index contributed by atoms with van der Waals surface area (Å²) in [6.45, 7) is 1.08. The van der Waals surface area contributed by atoms with Gasteiger partial charge in [0.2, 0.25) is 0 Å². The largest absolute Gasteiger partial charge is 2.00 e. The predicted octanol–water partition coefficient (Wildman–Crippen LogP) is -2.53. The van der Waals surface area contributed by atoms with E-state index in [1.54, 1.807) is 0 Å². The van der Waals surface area contributed by atoms with E-state index in [1.165, 1.54) is 0 Å². The van der Waals surface area contributed by atoms with Crippen LogP contribution in [0.1, 0.15) is 11.2 Å². The Bertz CT molecular complexity index is 47.5. The number of rotatable bonds is 0. The molecule has 0 aromatic rings. The van der Waals surface area contributed by atoms with E-state index < -0.39 is 5.97 Å². The fourth-order valence-electron chi connectivity index (χ4n) is 0. The maximum Gasteiger partial charge on any atom is 2.00 e. The quantitative estimate of drug-likeness (QED) is 0.416. The molecule has 0 rings (SSSR count). The molecular weight excluding hydrogens is 171 g/mol. The first-order valence-electron chi connectivity index (χ1n) is 0.928. The zero-order valence-electron chi connectivity index (χ0n) is 7.47. The van der Waals surface area contributed by atoms with Crippen LogP contribution in [0.2, 0.25) is 0 Å². The Morgan fingerprint density at radius 3 is 1.71 bits per heavy atom. The zero-order chi connectivity index (χ0) is 3.58. The molecule has 38 valence electrons. The summed E-state index contributed by atoms with van der Waals surface area (Å²) in [5, 5.41) is 7.42. The van der Waals surface area contributed by atoms with Crippen LogP contribution in [0, 0.1) is 0 Å². The molecule has 0 fully saturated rings. The Kier molecular flexibility index (Phi) is 51.2. The van der Waals surface area contributed by atoms with Gasteiger partial charge in [-0.25, -0.2) is 0 Å². The van der Waals surface area contributed by atoms with Crippen molar-refractivity contribution in [3.05, 3.63) is 0 Å². The van der Waals surface area contributed by atoms with E-state index in [4.69, 9.17) is 9.90 Å². The molecule has 7 heavy (non-hydrogen) atoms. The molecule has 0 spiro atoms. The number of halogens is 1. The number of carboxylic acid groups (broad SMARTS) is 1. The molecule has 1 N–H and O–H groups in total. The first-order chi connectivity index (χ1) is 1.73. The second-order valence-corrected chi connectivity index (χ2v) is 0.519. The van der Waals surface area contributed by atoms with Gasteiger partial charge in [0.25, 0.3) is 5.97 Å². The molecule has 0 saturated carbocycles. The number of aliphatic carboxylic acids is 1. The van der Waals surface area contributed by atoms with Gasteiger partial charge in [-0.2, -0.15) is 0 Å². The third-order valence-corrected chi connectivity index (χ3v) is 0. The van der Waals surface area contributed by atoms with Gasteiger partial charge >= 0.3 is 89.1 Å². The van der Waals surface area contributed by atoms with Crippen molar-refractivity contribution in [3.63, 3.8) is 0 Å². The van der Waals surface area contributed by atoms with Crippen LogP contribution < -0.4 is 51.4 Å². The maximum atomic E-state index is 9.00. The summed E-state index contributed by atoms with van der Waals surface area (Å²) in [6, 6.07) is 0. The molecule has 0 atom stereocenters. The summed E-state index contributed by atoms with van der Waals surface area (Å²) >= 11 is 0. The molecule has 5 heteroatoms.